The van der Waals surface area contributed by atoms with Crippen molar-refractivity contribution in [3.05, 3.63) is 35.4 Å². The van der Waals surface area contributed by atoms with Gasteiger partial charge < -0.3 is 9.84 Å². The van der Waals surface area contributed by atoms with E-state index in [0.29, 0.717) is 12.5 Å². The smallest absolute Gasteiger partial charge is 0.314 e. The van der Waals surface area contributed by atoms with E-state index < -0.39 is 11.4 Å². The molecular weight excluding hydrogens is 254 g/mol. The van der Waals surface area contributed by atoms with E-state index in [9.17, 15) is 9.90 Å². The fourth-order valence-electron chi connectivity index (χ4n) is 3.17. The summed E-state index contributed by atoms with van der Waals surface area (Å²) in [5.74, 6) is -0.0364. The number of carboxylic acid groups (broad SMARTS) is 1. The van der Waals surface area contributed by atoms with Crippen molar-refractivity contribution in [2.24, 2.45) is 4.99 Å². The molecule has 20 heavy (non-hydrogen) atoms. The van der Waals surface area contributed by atoms with E-state index in [1.54, 1.807) is 0 Å². The minimum absolute atomic E-state index is 0.199. The van der Waals surface area contributed by atoms with Gasteiger partial charge in [0.05, 0.1) is 11.5 Å². The molecule has 4 heteroatoms. The second kappa shape index (κ2) is 4.93. The van der Waals surface area contributed by atoms with Crippen molar-refractivity contribution in [3.8, 4) is 0 Å². The number of carbonyl (C=O) groups is 1. The molecule has 0 amide bonds. The predicted octanol–water partition coefficient (Wildman–Crippen LogP) is 2.75. The molecule has 1 heterocycles. The van der Waals surface area contributed by atoms with Crippen LogP contribution in [0.3, 0.4) is 0 Å². The molecule has 1 aromatic carbocycles. The zero-order valence-electron chi connectivity index (χ0n) is 11.6. The number of benzene rings is 1. The van der Waals surface area contributed by atoms with Crippen molar-refractivity contribution in [2.75, 3.05) is 6.61 Å². The Labute approximate surface area is 118 Å². The van der Waals surface area contributed by atoms with Crippen LogP contribution in [0.4, 0.5) is 0 Å². The number of carboxylic acids is 1. The van der Waals surface area contributed by atoms with E-state index in [4.69, 9.17) is 4.74 Å². The van der Waals surface area contributed by atoms with Crippen molar-refractivity contribution in [1.82, 2.24) is 0 Å². The molecule has 1 aromatic rings. The number of hydrogen-bond donors (Lipinski definition) is 1. The summed E-state index contributed by atoms with van der Waals surface area (Å²) in [6, 6.07) is 7.89. The summed E-state index contributed by atoms with van der Waals surface area (Å²) in [5, 5.41) is 9.58. The Balaban J connectivity index is 1.89. The first-order chi connectivity index (χ1) is 9.62. The first-order valence-corrected chi connectivity index (χ1v) is 7.17. The van der Waals surface area contributed by atoms with Crippen LogP contribution in [0.5, 0.6) is 0 Å². The van der Waals surface area contributed by atoms with Gasteiger partial charge in [-0.15, -0.1) is 0 Å². The molecule has 1 aliphatic heterocycles. The molecule has 4 nitrogen and oxygen atoms in total. The summed E-state index contributed by atoms with van der Waals surface area (Å²) in [6.45, 7) is 2.63. The number of aliphatic imine (C=N–C) groups is 1. The van der Waals surface area contributed by atoms with Gasteiger partial charge in [-0.2, -0.15) is 0 Å². The Morgan fingerprint density at radius 2 is 1.95 bits per heavy atom. The summed E-state index contributed by atoms with van der Waals surface area (Å²) in [6.07, 6.45) is 3.44. The van der Waals surface area contributed by atoms with Crippen molar-refractivity contribution >= 4 is 11.9 Å². The zero-order valence-corrected chi connectivity index (χ0v) is 11.6. The minimum atomic E-state index is -0.703. The third-order valence-corrected chi connectivity index (χ3v) is 4.35. The van der Waals surface area contributed by atoms with E-state index in [0.717, 1.165) is 36.8 Å². The maximum Gasteiger partial charge on any atom is 0.314 e. The van der Waals surface area contributed by atoms with Gasteiger partial charge >= 0.3 is 5.97 Å². The van der Waals surface area contributed by atoms with Crippen LogP contribution in [0.2, 0.25) is 0 Å². The van der Waals surface area contributed by atoms with Gasteiger partial charge in [0, 0.05) is 5.56 Å². The van der Waals surface area contributed by atoms with Crippen LogP contribution >= 0.6 is 0 Å². The molecule has 1 aliphatic carbocycles. The topological polar surface area (TPSA) is 58.9 Å². The van der Waals surface area contributed by atoms with E-state index in [-0.39, 0.29) is 6.04 Å². The van der Waals surface area contributed by atoms with Gasteiger partial charge in [0.15, 0.2) is 0 Å². The van der Waals surface area contributed by atoms with E-state index in [1.807, 2.05) is 31.2 Å². The van der Waals surface area contributed by atoms with E-state index in [2.05, 4.69) is 4.99 Å². The van der Waals surface area contributed by atoms with Crippen LogP contribution in [0, 0.1) is 0 Å². The van der Waals surface area contributed by atoms with Gasteiger partial charge in [-0.3, -0.25) is 4.79 Å². The van der Waals surface area contributed by atoms with Crippen molar-refractivity contribution < 1.29 is 14.6 Å². The first-order valence-electron chi connectivity index (χ1n) is 7.17. The fourth-order valence-corrected chi connectivity index (χ4v) is 3.17. The van der Waals surface area contributed by atoms with Crippen LogP contribution < -0.4 is 0 Å². The Hall–Kier alpha value is -1.84. The van der Waals surface area contributed by atoms with Crippen molar-refractivity contribution in [2.45, 2.75) is 44.1 Å². The first kappa shape index (κ1) is 13.2. The molecule has 3 rings (SSSR count). The Morgan fingerprint density at radius 1 is 1.30 bits per heavy atom. The highest BCUT2D eigenvalue weighted by molar-refractivity contribution is 5.95. The summed E-state index contributed by atoms with van der Waals surface area (Å²) in [4.78, 5) is 16.1. The largest absolute Gasteiger partial charge is 0.481 e. The normalized spacial score (nSPS) is 24.2. The molecule has 2 aliphatic rings. The second-order valence-corrected chi connectivity index (χ2v) is 5.77. The molecule has 1 unspecified atom stereocenters. The summed E-state index contributed by atoms with van der Waals surface area (Å²) in [7, 11) is 0. The van der Waals surface area contributed by atoms with Crippen LogP contribution in [0.1, 0.15) is 43.7 Å². The lowest BCUT2D eigenvalue weighted by Crippen LogP contribution is -2.32. The molecule has 0 spiro atoms. The molecule has 0 saturated heterocycles. The molecule has 0 radical (unpaired) electrons. The standard InChI is InChI=1S/C16H19NO3/c1-11-10-20-14(17-11)12-4-6-13(7-5-12)16(15(18)19)8-2-3-9-16/h4-7,11H,2-3,8-10H2,1H3,(H,18,19). The molecule has 1 N–H and O–H groups in total. The lowest BCUT2D eigenvalue weighted by Gasteiger charge is -2.24. The predicted molar refractivity (Wildman–Crippen MR) is 76.2 cm³/mol. The number of aliphatic carboxylic acids is 1. The third-order valence-electron chi connectivity index (χ3n) is 4.35. The SMILES string of the molecule is CC1COC(c2ccc(C3(C(=O)O)CCCC3)cc2)=N1. The maximum atomic E-state index is 11.7. The minimum Gasteiger partial charge on any atom is -0.481 e. The van der Waals surface area contributed by atoms with Gasteiger partial charge in [-0.25, -0.2) is 4.99 Å². The van der Waals surface area contributed by atoms with Crippen LogP contribution in [0.25, 0.3) is 0 Å². The van der Waals surface area contributed by atoms with Crippen molar-refractivity contribution in [3.63, 3.8) is 0 Å². The quantitative estimate of drug-likeness (QED) is 0.921. The lowest BCUT2D eigenvalue weighted by molar-refractivity contribution is -0.143. The lowest BCUT2D eigenvalue weighted by atomic mass is 9.79. The Kier molecular flexibility index (Phi) is 3.24. The molecular formula is C16H19NO3. The monoisotopic (exact) mass is 273 g/mol. The van der Waals surface area contributed by atoms with Crippen LogP contribution in [-0.2, 0) is 14.9 Å². The third kappa shape index (κ3) is 2.09. The Bertz CT molecular complexity index is 541. The zero-order chi connectivity index (χ0) is 14.2. The average Bonchev–Trinajstić information content (AvgIpc) is 3.08. The number of ether oxygens (including phenoxy) is 1. The molecule has 0 aromatic heterocycles. The number of rotatable bonds is 3. The van der Waals surface area contributed by atoms with Gasteiger partial charge in [0.2, 0.25) is 5.90 Å². The van der Waals surface area contributed by atoms with Gasteiger partial charge in [-0.1, -0.05) is 25.0 Å². The average molecular weight is 273 g/mol. The highest BCUT2D eigenvalue weighted by Crippen LogP contribution is 2.41. The molecule has 1 fully saturated rings. The van der Waals surface area contributed by atoms with Gasteiger partial charge in [0.25, 0.3) is 0 Å². The van der Waals surface area contributed by atoms with Crippen LogP contribution in [0.15, 0.2) is 29.3 Å². The summed E-state index contributed by atoms with van der Waals surface area (Å²) in [5.41, 5.74) is 1.14. The Morgan fingerprint density at radius 3 is 2.45 bits per heavy atom. The van der Waals surface area contributed by atoms with Crippen LogP contribution in [-0.4, -0.2) is 29.6 Å². The van der Waals surface area contributed by atoms with Crippen molar-refractivity contribution in [1.29, 1.82) is 0 Å². The highest BCUT2D eigenvalue weighted by Gasteiger charge is 2.42. The fraction of sp³-hybridized carbons (Fsp3) is 0.500. The number of nitrogens with zero attached hydrogens (tertiary/aromatic N) is 1. The van der Waals surface area contributed by atoms with Gasteiger partial charge in [0.1, 0.15) is 6.61 Å². The molecule has 1 atom stereocenters. The van der Waals surface area contributed by atoms with E-state index in [1.165, 1.54) is 0 Å². The maximum absolute atomic E-state index is 11.7. The second-order valence-electron chi connectivity index (χ2n) is 5.77. The molecule has 0 bridgehead atoms. The summed E-state index contributed by atoms with van der Waals surface area (Å²) < 4.78 is 5.52. The molecule has 1 saturated carbocycles. The molecule has 106 valence electrons. The van der Waals surface area contributed by atoms with E-state index >= 15 is 0 Å². The summed E-state index contributed by atoms with van der Waals surface area (Å²) >= 11 is 0. The number of hydrogen-bond acceptors (Lipinski definition) is 3. The highest BCUT2D eigenvalue weighted by atomic mass is 16.5. The van der Waals surface area contributed by atoms with Gasteiger partial charge in [-0.05, 0) is 37.5 Å².